The summed E-state index contributed by atoms with van der Waals surface area (Å²) in [5, 5.41) is 16.2. The summed E-state index contributed by atoms with van der Waals surface area (Å²) in [5.74, 6) is -0.899. The number of aliphatic carboxylic acids is 1. The molecule has 1 atom stereocenters. The predicted octanol–water partition coefficient (Wildman–Crippen LogP) is 1.03. The first-order valence-electron chi connectivity index (χ1n) is 3.39. The van der Waals surface area contributed by atoms with Gasteiger partial charge >= 0.3 is 5.97 Å². The van der Waals surface area contributed by atoms with Crippen molar-refractivity contribution in [3.8, 4) is 0 Å². The second-order valence-corrected chi connectivity index (χ2v) is 2.96. The fraction of sp³-hybridized carbons (Fsp3) is 0.833. The van der Waals surface area contributed by atoms with E-state index in [4.69, 9.17) is 5.11 Å². The lowest BCUT2D eigenvalue weighted by Gasteiger charge is -1.99. The lowest BCUT2D eigenvalue weighted by atomic mass is 10.1. The molecule has 1 saturated carbocycles. The molecule has 1 N–H and O–H groups in total. The smallest absolute Gasteiger partial charge is 0.306 e. The van der Waals surface area contributed by atoms with E-state index in [-0.39, 0.29) is 11.6 Å². The molecule has 0 saturated heterocycles. The number of hydrogen-bond acceptors (Lipinski definition) is 3. The first kappa shape index (κ1) is 5.82. The molecular weight excluding hydrogens is 132 g/mol. The summed E-state index contributed by atoms with van der Waals surface area (Å²) >= 11 is 0. The summed E-state index contributed by atoms with van der Waals surface area (Å²) in [7, 11) is 0. The molecule has 0 bridgehead atoms. The van der Waals surface area contributed by atoms with Crippen molar-refractivity contribution >= 4 is 5.97 Å². The van der Waals surface area contributed by atoms with Gasteiger partial charge in [0.25, 0.3) is 0 Å². The van der Waals surface area contributed by atoms with Gasteiger partial charge in [-0.15, -0.1) is 0 Å². The Balaban J connectivity index is 2.00. The van der Waals surface area contributed by atoms with Crippen molar-refractivity contribution in [2.24, 2.45) is 16.1 Å². The highest BCUT2D eigenvalue weighted by Crippen LogP contribution is 2.46. The third-order valence-electron chi connectivity index (χ3n) is 2.20. The minimum Gasteiger partial charge on any atom is -0.481 e. The van der Waals surface area contributed by atoms with Gasteiger partial charge in [-0.3, -0.25) is 4.79 Å². The summed E-state index contributed by atoms with van der Waals surface area (Å²) in [5.41, 5.74) is -0.233. The van der Waals surface area contributed by atoms with E-state index >= 15 is 0 Å². The van der Waals surface area contributed by atoms with Crippen LogP contribution in [0.15, 0.2) is 10.2 Å². The fourth-order valence-corrected chi connectivity index (χ4v) is 1.47. The van der Waals surface area contributed by atoms with E-state index in [2.05, 4.69) is 10.2 Å². The lowest BCUT2D eigenvalue weighted by molar-refractivity contribution is -0.141. The second-order valence-electron chi connectivity index (χ2n) is 2.96. The molecule has 0 aromatic heterocycles. The van der Waals surface area contributed by atoms with Crippen LogP contribution < -0.4 is 0 Å². The molecule has 2 rings (SSSR count). The summed E-state index contributed by atoms with van der Waals surface area (Å²) in [6, 6.07) is 0. The third-order valence-corrected chi connectivity index (χ3v) is 2.20. The van der Waals surface area contributed by atoms with Crippen molar-refractivity contribution in [2.45, 2.75) is 24.9 Å². The summed E-state index contributed by atoms with van der Waals surface area (Å²) in [6.07, 6.45) is 2.20. The topological polar surface area (TPSA) is 62.0 Å². The average Bonchev–Trinajstić information content (AvgIpc) is 2.41. The van der Waals surface area contributed by atoms with Crippen LogP contribution in [0.4, 0.5) is 0 Å². The molecule has 10 heavy (non-hydrogen) atoms. The number of carboxylic acids is 1. The summed E-state index contributed by atoms with van der Waals surface area (Å²) < 4.78 is 0. The van der Waals surface area contributed by atoms with Gasteiger partial charge in [0.1, 0.15) is 0 Å². The predicted molar refractivity (Wildman–Crippen MR) is 32.6 cm³/mol. The zero-order valence-electron chi connectivity index (χ0n) is 5.45. The molecule has 0 aromatic carbocycles. The lowest BCUT2D eigenvalue weighted by Crippen LogP contribution is -2.11. The van der Waals surface area contributed by atoms with Crippen molar-refractivity contribution in [1.29, 1.82) is 0 Å². The molecule has 54 valence electrons. The first-order chi connectivity index (χ1) is 4.72. The Morgan fingerprint density at radius 3 is 2.60 bits per heavy atom. The Kier molecular flexibility index (Phi) is 0.910. The molecule has 1 aliphatic carbocycles. The first-order valence-corrected chi connectivity index (χ1v) is 3.39. The van der Waals surface area contributed by atoms with Crippen molar-refractivity contribution < 1.29 is 9.90 Å². The van der Waals surface area contributed by atoms with E-state index in [0.717, 1.165) is 12.8 Å². The number of rotatable bonds is 1. The highest BCUT2D eigenvalue weighted by Gasteiger charge is 2.49. The number of carboxylic acid groups (broad SMARTS) is 1. The molecular formula is C6H8N2O2. The second kappa shape index (κ2) is 1.56. The van der Waals surface area contributed by atoms with Gasteiger partial charge in [0.2, 0.25) is 0 Å². The largest absolute Gasteiger partial charge is 0.481 e. The van der Waals surface area contributed by atoms with Crippen molar-refractivity contribution in [1.82, 2.24) is 0 Å². The molecule has 1 spiro atoms. The van der Waals surface area contributed by atoms with E-state index in [1.165, 1.54) is 0 Å². The normalized spacial score (nSPS) is 33.0. The van der Waals surface area contributed by atoms with Crippen LogP contribution in [0, 0.1) is 5.92 Å². The van der Waals surface area contributed by atoms with Crippen LogP contribution in [0.1, 0.15) is 19.3 Å². The molecule has 4 heteroatoms. The Labute approximate surface area is 58.0 Å². The van der Waals surface area contributed by atoms with Crippen molar-refractivity contribution in [2.75, 3.05) is 0 Å². The van der Waals surface area contributed by atoms with Crippen molar-refractivity contribution in [3.63, 3.8) is 0 Å². The zero-order valence-corrected chi connectivity index (χ0v) is 5.45. The van der Waals surface area contributed by atoms with Gasteiger partial charge in [-0.25, -0.2) is 0 Å². The van der Waals surface area contributed by atoms with E-state index < -0.39 is 5.97 Å². The zero-order chi connectivity index (χ0) is 7.19. The quantitative estimate of drug-likeness (QED) is 0.591. The fourth-order valence-electron chi connectivity index (χ4n) is 1.47. The molecule has 0 amide bonds. The third kappa shape index (κ3) is 0.716. The van der Waals surface area contributed by atoms with Gasteiger partial charge in [-0.1, -0.05) is 0 Å². The SMILES string of the molecule is O=C(O)C1CCC2(C1)N=N2. The van der Waals surface area contributed by atoms with Crippen LogP contribution in [0.25, 0.3) is 0 Å². The van der Waals surface area contributed by atoms with Crippen LogP contribution in [0.5, 0.6) is 0 Å². The molecule has 1 heterocycles. The number of carbonyl (C=O) groups is 1. The van der Waals surface area contributed by atoms with Crippen molar-refractivity contribution in [3.05, 3.63) is 0 Å². The summed E-state index contributed by atoms with van der Waals surface area (Å²) in [4.78, 5) is 10.4. The highest BCUT2D eigenvalue weighted by molar-refractivity contribution is 5.70. The molecule has 1 aliphatic heterocycles. The Hall–Kier alpha value is -0.930. The van der Waals surface area contributed by atoms with Crippen LogP contribution in [-0.4, -0.2) is 16.7 Å². The van der Waals surface area contributed by atoms with Gasteiger partial charge in [0.05, 0.1) is 5.92 Å². The number of hydrogen-bond donors (Lipinski definition) is 1. The van der Waals surface area contributed by atoms with Gasteiger partial charge in [-0.2, -0.15) is 10.2 Å². The van der Waals surface area contributed by atoms with Crippen LogP contribution in [0.2, 0.25) is 0 Å². The van der Waals surface area contributed by atoms with Crippen LogP contribution >= 0.6 is 0 Å². The van der Waals surface area contributed by atoms with Crippen LogP contribution in [-0.2, 0) is 4.79 Å². The molecule has 4 nitrogen and oxygen atoms in total. The minimum atomic E-state index is -0.700. The molecule has 0 radical (unpaired) electrons. The highest BCUT2D eigenvalue weighted by atomic mass is 16.4. The van der Waals surface area contributed by atoms with Gasteiger partial charge in [0, 0.05) is 6.42 Å². The molecule has 1 fully saturated rings. The van der Waals surface area contributed by atoms with Gasteiger partial charge in [0.15, 0.2) is 5.66 Å². The standard InChI is InChI=1S/C6H8N2O2/c9-5(10)4-1-2-6(3-4)7-8-6/h4H,1-3H2,(H,9,10). The van der Waals surface area contributed by atoms with E-state index in [1.54, 1.807) is 0 Å². The molecule has 1 unspecified atom stereocenters. The van der Waals surface area contributed by atoms with Gasteiger partial charge in [-0.05, 0) is 12.8 Å². The maximum atomic E-state index is 10.4. The van der Waals surface area contributed by atoms with E-state index in [9.17, 15) is 4.79 Å². The number of nitrogens with zero attached hydrogens (tertiary/aromatic N) is 2. The van der Waals surface area contributed by atoms with E-state index in [0.29, 0.717) is 6.42 Å². The Morgan fingerprint density at radius 2 is 2.30 bits per heavy atom. The van der Waals surface area contributed by atoms with E-state index in [1.807, 2.05) is 0 Å². The maximum Gasteiger partial charge on any atom is 0.306 e. The Morgan fingerprint density at radius 1 is 1.60 bits per heavy atom. The summed E-state index contributed by atoms with van der Waals surface area (Å²) in [6.45, 7) is 0. The average molecular weight is 140 g/mol. The van der Waals surface area contributed by atoms with Crippen LogP contribution in [0.3, 0.4) is 0 Å². The molecule has 2 aliphatic rings. The Bertz CT molecular complexity index is 206. The molecule has 0 aromatic rings. The minimum absolute atomic E-state index is 0.199. The maximum absolute atomic E-state index is 10.4. The monoisotopic (exact) mass is 140 g/mol. The van der Waals surface area contributed by atoms with Gasteiger partial charge < -0.3 is 5.11 Å².